The molecular formula is C17H22N2O2S. The summed E-state index contributed by atoms with van der Waals surface area (Å²) in [6.07, 6.45) is -0.605. The maximum Gasteiger partial charge on any atom is 0.254 e. The molecule has 2 rings (SSSR count). The van der Waals surface area contributed by atoms with Crippen molar-refractivity contribution in [3.8, 4) is 0 Å². The minimum atomic E-state index is -0.605. The molecule has 1 aromatic heterocycles. The van der Waals surface area contributed by atoms with Gasteiger partial charge in [-0.3, -0.25) is 4.79 Å². The summed E-state index contributed by atoms with van der Waals surface area (Å²) in [5.41, 5.74) is 1.74. The average Bonchev–Trinajstić information content (AvgIpc) is 2.99. The molecule has 0 fully saturated rings. The molecular weight excluding hydrogens is 296 g/mol. The van der Waals surface area contributed by atoms with E-state index in [4.69, 9.17) is 4.74 Å². The van der Waals surface area contributed by atoms with Crippen LogP contribution in [0.4, 0.5) is 0 Å². The zero-order valence-electron chi connectivity index (χ0n) is 13.4. The Morgan fingerprint density at radius 2 is 1.91 bits per heavy atom. The summed E-state index contributed by atoms with van der Waals surface area (Å²) in [6.45, 7) is 6.17. The van der Waals surface area contributed by atoms with Crippen LogP contribution in [0.1, 0.15) is 55.1 Å². The van der Waals surface area contributed by atoms with Crippen molar-refractivity contribution in [2.24, 2.45) is 0 Å². The second-order valence-electron chi connectivity index (χ2n) is 5.52. The third-order valence-electron chi connectivity index (χ3n) is 3.41. The second kappa shape index (κ2) is 7.51. The number of aromatic nitrogens is 1. The quantitative estimate of drug-likeness (QED) is 0.880. The van der Waals surface area contributed by atoms with Crippen LogP contribution >= 0.6 is 11.3 Å². The number of hydrogen-bond acceptors (Lipinski definition) is 4. The number of ether oxygens (including phenoxy) is 1. The number of hydrogen-bond donors (Lipinski definition) is 1. The lowest BCUT2D eigenvalue weighted by Gasteiger charge is -2.18. The number of carbonyl (C=O) groups excluding carboxylic acids is 1. The van der Waals surface area contributed by atoms with Crippen LogP contribution < -0.4 is 5.32 Å². The Balaban J connectivity index is 2.06. The van der Waals surface area contributed by atoms with Crippen molar-refractivity contribution in [3.63, 3.8) is 0 Å². The molecule has 0 aliphatic carbocycles. The number of amides is 1. The van der Waals surface area contributed by atoms with Crippen molar-refractivity contribution in [2.75, 3.05) is 7.11 Å². The number of nitrogens with zero attached hydrogens (tertiary/aromatic N) is 1. The second-order valence-corrected chi connectivity index (χ2v) is 6.41. The monoisotopic (exact) mass is 318 g/mol. The molecule has 0 unspecified atom stereocenters. The highest BCUT2D eigenvalue weighted by Gasteiger charge is 2.22. The molecule has 1 N–H and O–H groups in total. The minimum Gasteiger partial charge on any atom is -0.367 e. The Morgan fingerprint density at radius 3 is 2.45 bits per heavy atom. The SMILES string of the molecule is CO[C@H](C(=O)N[C@@H](C)c1csc(C(C)C)n1)c1ccccc1. The lowest BCUT2D eigenvalue weighted by Crippen LogP contribution is -2.32. The molecule has 4 nitrogen and oxygen atoms in total. The predicted octanol–water partition coefficient (Wildman–Crippen LogP) is 3.83. The van der Waals surface area contributed by atoms with Crippen LogP contribution in [0.25, 0.3) is 0 Å². The third-order valence-corrected chi connectivity index (χ3v) is 4.58. The Hall–Kier alpha value is -1.72. The summed E-state index contributed by atoms with van der Waals surface area (Å²) in [4.78, 5) is 17.0. The first kappa shape index (κ1) is 16.6. The molecule has 2 atom stereocenters. The Kier molecular flexibility index (Phi) is 5.69. The van der Waals surface area contributed by atoms with Gasteiger partial charge in [-0.05, 0) is 12.5 Å². The predicted molar refractivity (Wildman–Crippen MR) is 89.0 cm³/mol. The molecule has 0 spiro atoms. The van der Waals surface area contributed by atoms with Crippen LogP contribution in [0.5, 0.6) is 0 Å². The number of benzene rings is 1. The molecule has 0 saturated carbocycles. The fraction of sp³-hybridized carbons (Fsp3) is 0.412. The zero-order valence-corrected chi connectivity index (χ0v) is 14.2. The average molecular weight is 318 g/mol. The van der Waals surface area contributed by atoms with Gasteiger partial charge >= 0.3 is 0 Å². The normalized spacial score (nSPS) is 13.9. The van der Waals surface area contributed by atoms with Gasteiger partial charge in [-0.15, -0.1) is 11.3 Å². The first-order chi connectivity index (χ1) is 10.5. The Bertz CT molecular complexity index is 610. The molecule has 22 heavy (non-hydrogen) atoms. The zero-order chi connectivity index (χ0) is 16.1. The van der Waals surface area contributed by atoms with Crippen LogP contribution in [0.15, 0.2) is 35.7 Å². The van der Waals surface area contributed by atoms with Gasteiger partial charge in [0.2, 0.25) is 0 Å². The van der Waals surface area contributed by atoms with E-state index in [9.17, 15) is 4.79 Å². The van der Waals surface area contributed by atoms with E-state index in [1.54, 1.807) is 18.4 Å². The number of nitrogens with one attached hydrogen (secondary N) is 1. The molecule has 1 aromatic carbocycles. The lowest BCUT2D eigenvalue weighted by molar-refractivity contribution is -0.132. The smallest absolute Gasteiger partial charge is 0.254 e. The van der Waals surface area contributed by atoms with E-state index >= 15 is 0 Å². The van der Waals surface area contributed by atoms with Crippen molar-refractivity contribution in [1.29, 1.82) is 0 Å². The summed E-state index contributed by atoms with van der Waals surface area (Å²) in [6, 6.07) is 9.34. The van der Waals surface area contributed by atoms with Gasteiger partial charge in [0.05, 0.1) is 16.7 Å². The van der Waals surface area contributed by atoms with E-state index in [2.05, 4.69) is 24.1 Å². The summed E-state index contributed by atoms with van der Waals surface area (Å²) in [7, 11) is 1.54. The van der Waals surface area contributed by atoms with Gasteiger partial charge in [-0.1, -0.05) is 44.2 Å². The maximum atomic E-state index is 12.4. The largest absolute Gasteiger partial charge is 0.367 e. The van der Waals surface area contributed by atoms with Crippen LogP contribution in [-0.2, 0) is 9.53 Å². The number of carbonyl (C=O) groups is 1. The van der Waals surface area contributed by atoms with Gasteiger partial charge in [-0.2, -0.15) is 0 Å². The molecule has 5 heteroatoms. The van der Waals surface area contributed by atoms with Crippen molar-refractivity contribution in [3.05, 3.63) is 52.0 Å². The van der Waals surface area contributed by atoms with E-state index in [1.807, 2.05) is 42.6 Å². The molecule has 118 valence electrons. The van der Waals surface area contributed by atoms with Crippen molar-refractivity contribution >= 4 is 17.2 Å². The first-order valence-corrected chi connectivity index (χ1v) is 8.24. The fourth-order valence-corrected chi connectivity index (χ4v) is 3.08. The third kappa shape index (κ3) is 3.93. The summed E-state index contributed by atoms with van der Waals surface area (Å²) in [5, 5.41) is 6.07. The fourth-order valence-electron chi connectivity index (χ4n) is 2.15. The Labute approximate surface area is 135 Å². The summed E-state index contributed by atoms with van der Waals surface area (Å²) >= 11 is 1.63. The van der Waals surface area contributed by atoms with E-state index in [0.717, 1.165) is 16.3 Å². The standard InChI is InChI=1S/C17H22N2O2S/c1-11(2)17-19-14(10-22-17)12(3)18-16(20)15(21-4)13-8-6-5-7-9-13/h5-12,15H,1-4H3,(H,18,20)/t12-,15-/m0/s1. The first-order valence-electron chi connectivity index (χ1n) is 7.36. The van der Waals surface area contributed by atoms with Crippen molar-refractivity contribution in [2.45, 2.75) is 38.8 Å². The molecule has 2 aromatic rings. The maximum absolute atomic E-state index is 12.4. The van der Waals surface area contributed by atoms with Crippen LogP contribution in [0.2, 0.25) is 0 Å². The molecule has 0 aliphatic heterocycles. The van der Waals surface area contributed by atoms with Crippen molar-refractivity contribution in [1.82, 2.24) is 10.3 Å². The van der Waals surface area contributed by atoms with Gasteiger partial charge in [0.15, 0.2) is 6.10 Å². The van der Waals surface area contributed by atoms with E-state index in [0.29, 0.717) is 5.92 Å². The van der Waals surface area contributed by atoms with Crippen molar-refractivity contribution < 1.29 is 9.53 Å². The topological polar surface area (TPSA) is 51.2 Å². The molecule has 0 radical (unpaired) electrons. The summed E-state index contributed by atoms with van der Waals surface area (Å²) < 4.78 is 5.35. The number of rotatable bonds is 6. The highest BCUT2D eigenvalue weighted by molar-refractivity contribution is 7.09. The van der Waals surface area contributed by atoms with Gasteiger partial charge in [0, 0.05) is 18.4 Å². The van der Waals surface area contributed by atoms with Gasteiger partial charge in [0.1, 0.15) is 0 Å². The van der Waals surface area contributed by atoms with Gasteiger partial charge in [-0.25, -0.2) is 4.98 Å². The Morgan fingerprint density at radius 1 is 1.23 bits per heavy atom. The number of methoxy groups -OCH3 is 1. The number of thiazole rings is 1. The molecule has 1 heterocycles. The van der Waals surface area contributed by atoms with Crippen LogP contribution in [0.3, 0.4) is 0 Å². The highest BCUT2D eigenvalue weighted by Crippen LogP contribution is 2.24. The van der Waals surface area contributed by atoms with Crippen LogP contribution in [0, 0.1) is 0 Å². The lowest BCUT2D eigenvalue weighted by atomic mass is 10.1. The van der Waals surface area contributed by atoms with Gasteiger partial charge in [0.25, 0.3) is 5.91 Å². The molecule has 0 saturated heterocycles. The summed E-state index contributed by atoms with van der Waals surface area (Å²) in [5.74, 6) is 0.248. The van der Waals surface area contributed by atoms with E-state index in [-0.39, 0.29) is 11.9 Å². The van der Waals surface area contributed by atoms with Crippen LogP contribution in [-0.4, -0.2) is 18.0 Å². The highest BCUT2D eigenvalue weighted by atomic mass is 32.1. The van der Waals surface area contributed by atoms with Gasteiger partial charge < -0.3 is 10.1 Å². The van der Waals surface area contributed by atoms with E-state index < -0.39 is 6.10 Å². The molecule has 0 bridgehead atoms. The molecule has 1 amide bonds. The van der Waals surface area contributed by atoms with E-state index in [1.165, 1.54) is 0 Å². The molecule has 0 aliphatic rings. The minimum absolute atomic E-state index is 0.141.